The van der Waals surface area contributed by atoms with Crippen LogP contribution in [0.1, 0.15) is 21.7 Å². The molecule has 0 aliphatic heterocycles. The molecule has 160 valence electrons. The maximum Gasteiger partial charge on any atom is 0.466 e. The third kappa shape index (κ3) is 7.78. The number of nitrogens with zero attached hydrogens (tertiary/aromatic N) is 1. The zero-order chi connectivity index (χ0) is 22.1. The van der Waals surface area contributed by atoms with Gasteiger partial charge in [-0.2, -0.15) is 0 Å². The van der Waals surface area contributed by atoms with Crippen molar-refractivity contribution in [1.82, 2.24) is 9.97 Å². The Kier molecular flexibility index (Phi) is 8.28. The lowest BCUT2D eigenvalue weighted by Gasteiger charge is -2.05. The molecule has 0 radical (unpaired) electrons. The molecule has 2 aromatic carbocycles. The van der Waals surface area contributed by atoms with Crippen molar-refractivity contribution in [2.24, 2.45) is 0 Å². The van der Waals surface area contributed by atoms with E-state index >= 15 is 0 Å². The van der Waals surface area contributed by atoms with E-state index in [1.165, 1.54) is 0 Å². The molecule has 3 aromatic rings. The third-order valence-corrected chi connectivity index (χ3v) is 3.64. The SMILES string of the molecule is COCCOc1ccc(C=Cc2nc3cccc(C(=O)O)c3[nH]2)cc1.O=P(O)(O)O. The molecular formula is C19H21N2O8P. The summed E-state index contributed by atoms with van der Waals surface area (Å²) < 4.78 is 19.3. The Morgan fingerprint density at radius 1 is 1.10 bits per heavy atom. The van der Waals surface area contributed by atoms with E-state index in [1.54, 1.807) is 25.3 Å². The summed E-state index contributed by atoms with van der Waals surface area (Å²) in [5.41, 5.74) is 2.35. The molecule has 0 bridgehead atoms. The highest BCUT2D eigenvalue weighted by Gasteiger charge is 2.10. The molecule has 1 heterocycles. The van der Waals surface area contributed by atoms with Gasteiger partial charge >= 0.3 is 13.8 Å². The number of hydrogen-bond donors (Lipinski definition) is 5. The monoisotopic (exact) mass is 436 g/mol. The maximum absolute atomic E-state index is 11.2. The molecule has 0 atom stereocenters. The number of carboxylic acid groups (broad SMARTS) is 1. The highest BCUT2D eigenvalue weighted by Crippen LogP contribution is 2.25. The summed E-state index contributed by atoms with van der Waals surface area (Å²) in [6.45, 7) is 1.06. The Balaban J connectivity index is 0.000000575. The Morgan fingerprint density at radius 2 is 1.77 bits per heavy atom. The minimum Gasteiger partial charge on any atom is -0.491 e. The van der Waals surface area contributed by atoms with Gasteiger partial charge in [0.15, 0.2) is 0 Å². The van der Waals surface area contributed by atoms with Crippen LogP contribution in [-0.2, 0) is 9.30 Å². The summed E-state index contributed by atoms with van der Waals surface area (Å²) in [5.74, 6) is 0.405. The van der Waals surface area contributed by atoms with Gasteiger partial charge in [0.05, 0.1) is 23.2 Å². The van der Waals surface area contributed by atoms with E-state index in [0.29, 0.717) is 30.1 Å². The van der Waals surface area contributed by atoms with Crippen LogP contribution in [0.15, 0.2) is 42.5 Å². The molecule has 0 aliphatic rings. The smallest absolute Gasteiger partial charge is 0.466 e. The number of ether oxygens (including phenoxy) is 2. The van der Waals surface area contributed by atoms with E-state index in [4.69, 9.17) is 28.7 Å². The fourth-order valence-corrected chi connectivity index (χ4v) is 2.40. The molecule has 0 saturated heterocycles. The first-order valence-corrected chi connectivity index (χ1v) is 10.1. The fourth-order valence-electron chi connectivity index (χ4n) is 2.40. The van der Waals surface area contributed by atoms with Gasteiger partial charge < -0.3 is 34.2 Å². The molecule has 0 saturated carbocycles. The first-order chi connectivity index (χ1) is 14.2. The molecule has 0 aliphatic carbocycles. The van der Waals surface area contributed by atoms with Gasteiger partial charge in [0.1, 0.15) is 18.2 Å². The van der Waals surface area contributed by atoms with Crippen molar-refractivity contribution in [3.05, 3.63) is 59.4 Å². The highest BCUT2D eigenvalue weighted by molar-refractivity contribution is 7.45. The van der Waals surface area contributed by atoms with Crippen LogP contribution in [0.4, 0.5) is 0 Å². The summed E-state index contributed by atoms with van der Waals surface area (Å²) in [6, 6.07) is 12.7. The number of phosphoric acid groups is 1. The number of para-hydroxylation sites is 1. The lowest BCUT2D eigenvalue weighted by Crippen LogP contribution is -2.03. The standard InChI is InChI=1S/C19H18N2O4.H3O4P/c1-24-11-12-25-14-8-5-13(6-9-14)7-10-17-20-16-4-2-3-15(19(22)23)18(16)21-17;1-5(2,3)4/h2-10H,11-12H2,1H3,(H,20,21)(H,22,23);(H3,1,2,3,4). The minimum atomic E-state index is -4.64. The number of rotatable bonds is 7. The molecule has 0 spiro atoms. The number of hydrogen-bond acceptors (Lipinski definition) is 5. The predicted molar refractivity (Wildman–Crippen MR) is 110 cm³/mol. The topological polar surface area (TPSA) is 162 Å². The van der Waals surface area contributed by atoms with E-state index in [2.05, 4.69) is 9.97 Å². The second kappa shape index (κ2) is 10.7. The van der Waals surface area contributed by atoms with Gasteiger partial charge in [-0.3, -0.25) is 0 Å². The van der Waals surface area contributed by atoms with E-state index in [9.17, 15) is 9.90 Å². The van der Waals surface area contributed by atoms with E-state index in [0.717, 1.165) is 11.3 Å². The van der Waals surface area contributed by atoms with Gasteiger partial charge in [-0.05, 0) is 35.9 Å². The zero-order valence-electron chi connectivity index (χ0n) is 15.9. The largest absolute Gasteiger partial charge is 0.491 e. The maximum atomic E-state index is 11.2. The average Bonchev–Trinajstić information content (AvgIpc) is 3.09. The van der Waals surface area contributed by atoms with Crippen LogP contribution in [0, 0.1) is 0 Å². The van der Waals surface area contributed by atoms with Crippen molar-refractivity contribution in [2.45, 2.75) is 0 Å². The Labute approximate surface area is 171 Å². The van der Waals surface area contributed by atoms with Gasteiger partial charge in [0.25, 0.3) is 0 Å². The molecule has 0 amide bonds. The predicted octanol–water partition coefficient (Wildman–Crippen LogP) is 2.53. The van der Waals surface area contributed by atoms with E-state index < -0.39 is 13.8 Å². The number of H-pyrrole nitrogens is 1. The van der Waals surface area contributed by atoms with Crippen LogP contribution in [0.2, 0.25) is 0 Å². The van der Waals surface area contributed by atoms with Crippen LogP contribution >= 0.6 is 7.82 Å². The van der Waals surface area contributed by atoms with Crippen molar-refractivity contribution < 1.29 is 38.6 Å². The van der Waals surface area contributed by atoms with Gasteiger partial charge in [-0.15, -0.1) is 0 Å². The number of carbonyl (C=O) groups is 1. The van der Waals surface area contributed by atoms with E-state index in [1.807, 2.05) is 36.4 Å². The fraction of sp³-hybridized carbons (Fsp3) is 0.158. The second-order valence-electron chi connectivity index (χ2n) is 5.88. The minimum absolute atomic E-state index is 0.210. The molecule has 10 nitrogen and oxygen atoms in total. The number of aromatic carboxylic acids is 1. The number of methoxy groups -OCH3 is 1. The Bertz CT molecular complexity index is 1050. The summed E-state index contributed by atoms with van der Waals surface area (Å²) >= 11 is 0. The highest BCUT2D eigenvalue weighted by atomic mass is 31.2. The summed E-state index contributed by atoms with van der Waals surface area (Å²) in [6.07, 6.45) is 3.71. The number of carboxylic acids is 1. The molecule has 30 heavy (non-hydrogen) atoms. The molecule has 11 heteroatoms. The quantitative estimate of drug-likeness (QED) is 0.277. The van der Waals surface area contributed by atoms with Gasteiger partial charge in [0, 0.05) is 7.11 Å². The lowest BCUT2D eigenvalue weighted by atomic mass is 10.2. The number of nitrogens with one attached hydrogen (secondary N) is 1. The summed E-state index contributed by atoms with van der Waals surface area (Å²) in [7, 11) is -3.01. The van der Waals surface area contributed by atoms with Crippen LogP contribution in [0.25, 0.3) is 23.2 Å². The van der Waals surface area contributed by atoms with Crippen LogP contribution in [0.3, 0.4) is 0 Å². The second-order valence-corrected chi connectivity index (χ2v) is 6.91. The van der Waals surface area contributed by atoms with Gasteiger partial charge in [-0.25, -0.2) is 14.3 Å². The molecule has 5 N–H and O–H groups in total. The molecule has 0 unspecified atom stereocenters. The normalized spacial score (nSPS) is 11.3. The number of aromatic nitrogens is 2. The van der Waals surface area contributed by atoms with Gasteiger partial charge in [0.2, 0.25) is 0 Å². The molecular weight excluding hydrogens is 415 g/mol. The summed E-state index contributed by atoms with van der Waals surface area (Å²) in [4.78, 5) is 40.2. The average molecular weight is 436 g/mol. The third-order valence-electron chi connectivity index (χ3n) is 3.64. The molecule has 1 aromatic heterocycles. The first-order valence-electron chi connectivity index (χ1n) is 8.57. The van der Waals surface area contributed by atoms with Crippen LogP contribution < -0.4 is 4.74 Å². The molecule has 0 fully saturated rings. The molecule has 3 rings (SSSR count). The van der Waals surface area contributed by atoms with E-state index in [-0.39, 0.29) is 5.56 Å². The summed E-state index contributed by atoms with van der Waals surface area (Å²) in [5, 5.41) is 9.22. The number of imidazole rings is 1. The Morgan fingerprint density at radius 3 is 2.37 bits per heavy atom. The van der Waals surface area contributed by atoms with Crippen molar-refractivity contribution >= 4 is 37.0 Å². The van der Waals surface area contributed by atoms with Crippen LogP contribution in [-0.4, -0.2) is 56.0 Å². The van der Waals surface area contributed by atoms with Crippen molar-refractivity contribution in [3.63, 3.8) is 0 Å². The number of fused-ring (bicyclic) bond motifs is 1. The van der Waals surface area contributed by atoms with Crippen molar-refractivity contribution in [2.75, 3.05) is 20.3 Å². The van der Waals surface area contributed by atoms with Gasteiger partial charge in [-0.1, -0.05) is 24.3 Å². The van der Waals surface area contributed by atoms with Crippen molar-refractivity contribution in [3.8, 4) is 5.75 Å². The Hall–Kier alpha value is -3.01. The first kappa shape index (κ1) is 23.3. The van der Waals surface area contributed by atoms with Crippen LogP contribution in [0.5, 0.6) is 5.75 Å². The number of aromatic amines is 1. The zero-order valence-corrected chi connectivity index (χ0v) is 16.8. The number of benzene rings is 2. The lowest BCUT2D eigenvalue weighted by molar-refractivity contribution is 0.0698. The van der Waals surface area contributed by atoms with Crippen molar-refractivity contribution in [1.29, 1.82) is 0 Å².